The van der Waals surface area contributed by atoms with E-state index in [2.05, 4.69) is 15.5 Å². The van der Waals surface area contributed by atoms with Gasteiger partial charge in [0, 0.05) is 12.6 Å². The van der Waals surface area contributed by atoms with E-state index in [0.29, 0.717) is 29.1 Å². The molecule has 1 aromatic heterocycles. The molecule has 0 radical (unpaired) electrons. The van der Waals surface area contributed by atoms with Crippen molar-refractivity contribution in [3.05, 3.63) is 46.2 Å². The summed E-state index contributed by atoms with van der Waals surface area (Å²) in [5.74, 6) is 0.846. The molecule has 19 heavy (non-hydrogen) atoms. The van der Waals surface area contributed by atoms with Crippen molar-refractivity contribution in [1.29, 1.82) is 0 Å². The molecule has 0 spiro atoms. The molecule has 0 fully saturated rings. The number of benzene rings is 1. The molecule has 0 unspecified atom stereocenters. The predicted molar refractivity (Wildman–Crippen MR) is 77.2 cm³/mol. The summed E-state index contributed by atoms with van der Waals surface area (Å²) in [5.41, 5.74) is 1.81. The van der Waals surface area contributed by atoms with E-state index in [1.807, 2.05) is 31.2 Å². The van der Waals surface area contributed by atoms with Crippen LogP contribution in [0.15, 0.2) is 30.3 Å². The Morgan fingerprint density at radius 2 is 2.05 bits per heavy atom. The van der Waals surface area contributed by atoms with Crippen LogP contribution in [0.2, 0.25) is 10.3 Å². The molecule has 1 N–H and O–H groups in total. The zero-order valence-electron chi connectivity index (χ0n) is 10.4. The van der Waals surface area contributed by atoms with Crippen LogP contribution in [0.25, 0.3) is 0 Å². The first-order valence-corrected chi connectivity index (χ1v) is 6.53. The number of ether oxygens (including phenoxy) is 1. The van der Waals surface area contributed by atoms with Gasteiger partial charge in [-0.1, -0.05) is 35.3 Å². The molecule has 6 heteroatoms. The smallest absolute Gasteiger partial charge is 0.174 e. The van der Waals surface area contributed by atoms with Gasteiger partial charge < -0.3 is 10.1 Å². The van der Waals surface area contributed by atoms with E-state index in [-0.39, 0.29) is 0 Å². The first-order chi connectivity index (χ1) is 9.15. The summed E-state index contributed by atoms with van der Waals surface area (Å²) >= 11 is 11.6. The Kier molecular flexibility index (Phi) is 4.82. The first kappa shape index (κ1) is 13.9. The van der Waals surface area contributed by atoms with Crippen molar-refractivity contribution in [3.8, 4) is 5.75 Å². The van der Waals surface area contributed by atoms with Crippen LogP contribution >= 0.6 is 23.2 Å². The Balaban J connectivity index is 1.82. The van der Waals surface area contributed by atoms with Crippen LogP contribution < -0.4 is 10.1 Å². The van der Waals surface area contributed by atoms with Crippen molar-refractivity contribution in [1.82, 2.24) is 10.2 Å². The highest BCUT2D eigenvalue weighted by atomic mass is 35.5. The standard InChI is InChI=1S/C13H13Cl2N3O/c1-9-3-2-4-10(7-9)19-6-5-16-11-8-12(14)17-18-13(11)15/h2-4,7-8H,5-6H2,1H3,(H,16,17). The van der Waals surface area contributed by atoms with Gasteiger partial charge in [0.25, 0.3) is 0 Å². The predicted octanol–water partition coefficient (Wildman–Crippen LogP) is 3.58. The summed E-state index contributed by atoms with van der Waals surface area (Å²) in [4.78, 5) is 0. The van der Waals surface area contributed by atoms with Gasteiger partial charge in [-0.05, 0) is 24.6 Å². The van der Waals surface area contributed by atoms with Gasteiger partial charge in [-0.25, -0.2) is 0 Å². The maximum absolute atomic E-state index is 5.88. The molecule has 0 bridgehead atoms. The van der Waals surface area contributed by atoms with E-state index < -0.39 is 0 Å². The largest absolute Gasteiger partial charge is 0.492 e. The first-order valence-electron chi connectivity index (χ1n) is 5.77. The minimum absolute atomic E-state index is 0.292. The molecule has 0 saturated carbocycles. The molecule has 0 aliphatic carbocycles. The van der Waals surface area contributed by atoms with Gasteiger partial charge in [-0.3, -0.25) is 0 Å². The molecule has 0 atom stereocenters. The zero-order valence-corrected chi connectivity index (χ0v) is 11.9. The van der Waals surface area contributed by atoms with Crippen LogP contribution in [0.1, 0.15) is 5.56 Å². The lowest BCUT2D eigenvalue weighted by Gasteiger charge is -2.09. The molecule has 0 amide bonds. The Labute approximate surface area is 121 Å². The molecule has 4 nitrogen and oxygen atoms in total. The number of aromatic nitrogens is 2. The van der Waals surface area contributed by atoms with Crippen molar-refractivity contribution < 1.29 is 4.74 Å². The lowest BCUT2D eigenvalue weighted by molar-refractivity contribution is 0.332. The van der Waals surface area contributed by atoms with Crippen LogP contribution in [0.4, 0.5) is 5.69 Å². The average molecular weight is 298 g/mol. The monoisotopic (exact) mass is 297 g/mol. The van der Waals surface area contributed by atoms with Gasteiger partial charge >= 0.3 is 0 Å². The number of anilines is 1. The lowest BCUT2D eigenvalue weighted by Crippen LogP contribution is -2.12. The van der Waals surface area contributed by atoms with Crippen molar-refractivity contribution in [3.63, 3.8) is 0 Å². The van der Waals surface area contributed by atoms with Crippen LogP contribution in [-0.4, -0.2) is 23.3 Å². The Morgan fingerprint density at radius 3 is 2.84 bits per heavy atom. The van der Waals surface area contributed by atoms with E-state index in [1.165, 1.54) is 5.56 Å². The molecule has 0 aliphatic heterocycles. The minimum atomic E-state index is 0.292. The molecule has 0 saturated heterocycles. The second-order valence-electron chi connectivity index (χ2n) is 3.96. The lowest BCUT2D eigenvalue weighted by atomic mass is 10.2. The Bertz CT molecular complexity index is 563. The van der Waals surface area contributed by atoms with Crippen LogP contribution in [0, 0.1) is 6.92 Å². The second kappa shape index (κ2) is 6.59. The third kappa shape index (κ3) is 4.26. The molecule has 100 valence electrons. The van der Waals surface area contributed by atoms with E-state index in [9.17, 15) is 0 Å². The fraction of sp³-hybridized carbons (Fsp3) is 0.231. The van der Waals surface area contributed by atoms with Gasteiger partial charge in [-0.15, -0.1) is 10.2 Å². The molecule has 1 aromatic carbocycles. The van der Waals surface area contributed by atoms with Crippen molar-refractivity contribution in [2.45, 2.75) is 6.92 Å². The highest BCUT2D eigenvalue weighted by molar-refractivity contribution is 6.33. The van der Waals surface area contributed by atoms with Crippen LogP contribution in [-0.2, 0) is 0 Å². The minimum Gasteiger partial charge on any atom is -0.492 e. The maximum atomic E-state index is 5.88. The molecule has 2 aromatic rings. The molecular formula is C13H13Cl2N3O. The number of hydrogen-bond acceptors (Lipinski definition) is 4. The third-order valence-electron chi connectivity index (χ3n) is 2.39. The molecule has 2 rings (SSSR count). The summed E-state index contributed by atoms with van der Waals surface area (Å²) in [6.45, 7) is 3.13. The quantitative estimate of drug-likeness (QED) is 0.857. The normalized spacial score (nSPS) is 10.3. The second-order valence-corrected chi connectivity index (χ2v) is 4.71. The number of nitrogens with zero attached hydrogens (tertiary/aromatic N) is 2. The SMILES string of the molecule is Cc1cccc(OCCNc2cc(Cl)nnc2Cl)c1. The van der Waals surface area contributed by atoms with E-state index in [1.54, 1.807) is 6.07 Å². The summed E-state index contributed by atoms with van der Waals surface area (Å²) in [6, 6.07) is 9.52. The summed E-state index contributed by atoms with van der Waals surface area (Å²) in [5, 5.41) is 11.0. The Hall–Kier alpha value is -1.52. The number of nitrogens with one attached hydrogen (secondary N) is 1. The van der Waals surface area contributed by atoms with Gasteiger partial charge in [-0.2, -0.15) is 0 Å². The van der Waals surface area contributed by atoms with E-state index in [0.717, 1.165) is 5.75 Å². The third-order valence-corrected chi connectivity index (χ3v) is 2.86. The van der Waals surface area contributed by atoms with Gasteiger partial charge in [0.15, 0.2) is 10.3 Å². The summed E-state index contributed by atoms with van der Waals surface area (Å²) < 4.78 is 5.60. The Morgan fingerprint density at radius 1 is 1.21 bits per heavy atom. The zero-order chi connectivity index (χ0) is 13.7. The van der Waals surface area contributed by atoms with Crippen LogP contribution in [0.3, 0.4) is 0 Å². The van der Waals surface area contributed by atoms with Gasteiger partial charge in [0.05, 0.1) is 5.69 Å². The molecular weight excluding hydrogens is 285 g/mol. The van der Waals surface area contributed by atoms with Gasteiger partial charge in [0.2, 0.25) is 0 Å². The summed E-state index contributed by atoms with van der Waals surface area (Å²) in [7, 11) is 0. The summed E-state index contributed by atoms with van der Waals surface area (Å²) in [6.07, 6.45) is 0. The van der Waals surface area contributed by atoms with E-state index >= 15 is 0 Å². The maximum Gasteiger partial charge on any atom is 0.174 e. The number of aryl methyl sites for hydroxylation is 1. The topological polar surface area (TPSA) is 47.0 Å². The average Bonchev–Trinajstić information content (AvgIpc) is 2.39. The molecule has 1 heterocycles. The van der Waals surface area contributed by atoms with Crippen LogP contribution in [0.5, 0.6) is 5.75 Å². The number of rotatable bonds is 5. The fourth-order valence-electron chi connectivity index (χ4n) is 1.54. The number of halogens is 2. The van der Waals surface area contributed by atoms with Crippen molar-refractivity contribution in [2.24, 2.45) is 0 Å². The fourth-order valence-corrected chi connectivity index (χ4v) is 1.84. The highest BCUT2D eigenvalue weighted by Gasteiger charge is 2.03. The highest BCUT2D eigenvalue weighted by Crippen LogP contribution is 2.20. The van der Waals surface area contributed by atoms with Crippen molar-refractivity contribution >= 4 is 28.9 Å². The van der Waals surface area contributed by atoms with Crippen molar-refractivity contribution in [2.75, 3.05) is 18.5 Å². The number of hydrogen-bond donors (Lipinski definition) is 1. The molecule has 0 aliphatic rings. The van der Waals surface area contributed by atoms with E-state index in [4.69, 9.17) is 27.9 Å². The van der Waals surface area contributed by atoms with Gasteiger partial charge in [0.1, 0.15) is 12.4 Å².